The molecule has 1 fully saturated rings. The molecule has 0 spiro atoms. The number of benzene rings is 10. The van der Waals surface area contributed by atoms with Gasteiger partial charge in [-0.05, 0) is 166 Å². The summed E-state index contributed by atoms with van der Waals surface area (Å²) in [5, 5.41) is 5.60. The minimum atomic E-state index is -2.93. The Morgan fingerprint density at radius 1 is 0.360 bits per heavy atom. The van der Waals surface area contributed by atoms with Crippen molar-refractivity contribution >= 4 is 97.4 Å². The van der Waals surface area contributed by atoms with Crippen molar-refractivity contribution in [2.24, 2.45) is 10.8 Å². The first kappa shape index (κ1) is 58.6. The van der Waals surface area contributed by atoms with Gasteiger partial charge in [-0.25, -0.2) is 0 Å². The SMILES string of the molecule is CC(C)(C)c1cccc(N2c3cc(C(C)(C)C)ccc3B3c4ccccc4N(c4ccc(C(C)(C)C)cc4-c4ccccc4)c4cc(N5c6ccc([Si](c7ccccc7)(c7ccccc7)c7ccccc7)cc6C6(C)CC(C)(C)C(C)(C)CC56C)cc2c43)c1. The number of para-hydroxylation sites is 1. The molecule has 2 unspecified atom stereocenters. The van der Waals surface area contributed by atoms with Gasteiger partial charge in [0, 0.05) is 50.8 Å². The highest BCUT2D eigenvalue weighted by molar-refractivity contribution is 7.20. The van der Waals surface area contributed by atoms with Gasteiger partial charge in [-0.1, -0.05) is 279 Å². The maximum atomic E-state index is 2.88. The van der Waals surface area contributed by atoms with Crippen LogP contribution in [0.5, 0.6) is 0 Å². The molecule has 0 N–H and O–H groups in total. The van der Waals surface area contributed by atoms with E-state index in [4.69, 9.17) is 0 Å². The van der Waals surface area contributed by atoms with Crippen LogP contribution in [0, 0.1) is 10.8 Å². The van der Waals surface area contributed by atoms with Crippen LogP contribution >= 0.6 is 0 Å². The fourth-order valence-corrected chi connectivity index (χ4v) is 21.5. The average molecular weight is 1180 g/mol. The third kappa shape index (κ3) is 9.01. The molecular formula is C84H88BN3Si. The fraction of sp³-hybridized carbons (Fsp3) is 0.286. The number of nitrogens with zero attached hydrogens (tertiary/aromatic N) is 3. The van der Waals surface area contributed by atoms with Crippen molar-refractivity contribution in [2.45, 2.75) is 144 Å². The molecule has 0 bridgehead atoms. The lowest BCUT2D eigenvalue weighted by Gasteiger charge is -2.61. The minimum absolute atomic E-state index is 0.0132. The first-order valence-corrected chi connectivity index (χ1v) is 34.7. The van der Waals surface area contributed by atoms with Crippen molar-refractivity contribution in [2.75, 3.05) is 14.7 Å². The van der Waals surface area contributed by atoms with Gasteiger partial charge in [0.25, 0.3) is 6.71 Å². The molecule has 14 rings (SSSR count). The molecule has 3 nitrogen and oxygen atoms in total. The van der Waals surface area contributed by atoms with Gasteiger partial charge in [-0.15, -0.1) is 0 Å². The molecule has 89 heavy (non-hydrogen) atoms. The summed E-state index contributed by atoms with van der Waals surface area (Å²) in [5.74, 6) is 0. The van der Waals surface area contributed by atoms with E-state index in [0.29, 0.717) is 0 Å². The molecule has 5 heteroatoms. The predicted octanol–water partition coefficient (Wildman–Crippen LogP) is 17.7. The third-order valence-corrected chi connectivity index (χ3v) is 27.0. The number of hydrogen-bond acceptors (Lipinski definition) is 3. The van der Waals surface area contributed by atoms with Gasteiger partial charge in [-0.2, -0.15) is 0 Å². The second-order valence-corrected chi connectivity index (χ2v) is 35.2. The van der Waals surface area contributed by atoms with Crippen molar-refractivity contribution in [3.8, 4) is 11.1 Å². The smallest absolute Gasteiger partial charge is 0.252 e. The molecule has 10 aromatic carbocycles. The number of fused-ring (bicyclic) bond motifs is 7. The summed E-state index contributed by atoms with van der Waals surface area (Å²) < 4.78 is 0. The lowest BCUT2D eigenvalue weighted by atomic mass is 9.33. The molecule has 0 radical (unpaired) electrons. The summed E-state index contributed by atoms with van der Waals surface area (Å²) >= 11 is 0. The van der Waals surface area contributed by atoms with E-state index in [1.807, 2.05) is 0 Å². The average Bonchev–Trinajstić information content (AvgIpc) is 1.60. The van der Waals surface area contributed by atoms with E-state index in [1.54, 1.807) is 0 Å². The Bertz CT molecular complexity index is 4280. The van der Waals surface area contributed by atoms with Crippen LogP contribution in [0.25, 0.3) is 11.1 Å². The van der Waals surface area contributed by atoms with E-state index < -0.39 is 8.07 Å². The van der Waals surface area contributed by atoms with Crippen LogP contribution in [-0.4, -0.2) is 20.3 Å². The highest BCUT2D eigenvalue weighted by Crippen LogP contribution is 2.69. The number of rotatable bonds is 8. The summed E-state index contributed by atoms with van der Waals surface area (Å²) in [6, 6.07) is 92.4. The Morgan fingerprint density at radius 3 is 1.45 bits per heavy atom. The maximum absolute atomic E-state index is 2.93. The summed E-state index contributed by atoms with van der Waals surface area (Å²) in [6.45, 7) is 36.7. The molecule has 10 aromatic rings. The van der Waals surface area contributed by atoms with Gasteiger partial charge in [0.2, 0.25) is 0 Å². The number of anilines is 8. The van der Waals surface area contributed by atoms with E-state index in [1.165, 1.54) is 116 Å². The Labute approximate surface area is 533 Å². The second-order valence-electron chi connectivity index (χ2n) is 31.4. The molecule has 0 amide bonds. The monoisotopic (exact) mass is 1180 g/mol. The van der Waals surface area contributed by atoms with Crippen molar-refractivity contribution in [1.82, 2.24) is 0 Å². The van der Waals surface area contributed by atoms with Crippen LogP contribution in [0.4, 0.5) is 45.5 Å². The molecule has 3 aliphatic heterocycles. The van der Waals surface area contributed by atoms with Crippen LogP contribution in [0.1, 0.15) is 139 Å². The fourth-order valence-electron chi connectivity index (χ4n) is 16.7. The van der Waals surface area contributed by atoms with Crippen LogP contribution in [0.2, 0.25) is 0 Å². The van der Waals surface area contributed by atoms with E-state index in [2.05, 4.69) is 355 Å². The lowest BCUT2D eigenvalue weighted by Crippen LogP contribution is -2.74. The topological polar surface area (TPSA) is 9.72 Å². The van der Waals surface area contributed by atoms with Crippen molar-refractivity contribution < 1.29 is 0 Å². The Morgan fingerprint density at radius 2 is 0.854 bits per heavy atom. The summed E-state index contributed by atoms with van der Waals surface area (Å²) in [5.41, 5.74) is 20.8. The van der Waals surface area contributed by atoms with Crippen LogP contribution in [-0.2, 0) is 21.7 Å². The zero-order valence-corrected chi connectivity index (χ0v) is 56.3. The Kier molecular flexibility index (Phi) is 13.5. The van der Waals surface area contributed by atoms with Crippen molar-refractivity contribution in [3.05, 3.63) is 259 Å². The lowest BCUT2D eigenvalue weighted by molar-refractivity contribution is -0.0311. The van der Waals surface area contributed by atoms with E-state index in [9.17, 15) is 0 Å². The normalized spacial score (nSPS) is 19.0. The zero-order chi connectivity index (χ0) is 62.4. The summed E-state index contributed by atoms with van der Waals surface area (Å²) in [4.78, 5) is 8.24. The number of hydrogen-bond donors (Lipinski definition) is 0. The van der Waals surface area contributed by atoms with E-state index >= 15 is 0 Å². The first-order chi connectivity index (χ1) is 42.3. The molecule has 1 aliphatic carbocycles. The Balaban J connectivity index is 1.12. The molecule has 1 saturated carbocycles. The Hall–Kier alpha value is -8.12. The highest BCUT2D eigenvalue weighted by Gasteiger charge is 2.66. The van der Waals surface area contributed by atoms with Crippen LogP contribution < -0.4 is 51.8 Å². The van der Waals surface area contributed by atoms with E-state index in [0.717, 1.165) is 12.8 Å². The van der Waals surface area contributed by atoms with Gasteiger partial charge in [0.1, 0.15) is 0 Å². The van der Waals surface area contributed by atoms with Gasteiger partial charge in [0.15, 0.2) is 8.07 Å². The zero-order valence-electron chi connectivity index (χ0n) is 55.3. The maximum Gasteiger partial charge on any atom is 0.252 e. The van der Waals surface area contributed by atoms with Gasteiger partial charge >= 0.3 is 0 Å². The molecule has 0 saturated heterocycles. The standard InChI is InChI=1S/C84H88BN3Si/c1-78(2,3)58-33-30-34-61(49-58)86-74-51-60(80(7,8)9)43-46-70(74)85-69-41-28-29-42-73(69)87(71-47-44-59(79(4,5)6)50-67(71)57-31-20-16-21-32-57)76-53-62(52-75(86)77(76)85)88-72-48-45-66(54-68(72)83(14)55-81(10,11)82(12,13)56-84(83,88)15)89(63-35-22-17-23-36-63,64-37-24-18-25-38-64)65-39-26-19-27-40-65/h16-54H,55-56H2,1-15H3. The molecular weight excluding hydrogens is 1090 g/mol. The van der Waals surface area contributed by atoms with Crippen LogP contribution in [0.15, 0.2) is 237 Å². The van der Waals surface area contributed by atoms with Crippen molar-refractivity contribution in [1.29, 1.82) is 0 Å². The summed E-state index contributed by atoms with van der Waals surface area (Å²) in [7, 11) is -2.93. The third-order valence-electron chi connectivity index (χ3n) is 22.2. The molecule has 4 aliphatic rings. The van der Waals surface area contributed by atoms with Gasteiger partial charge < -0.3 is 14.7 Å². The highest BCUT2D eigenvalue weighted by atomic mass is 28.3. The first-order valence-electron chi connectivity index (χ1n) is 32.7. The molecule has 3 heterocycles. The second kappa shape index (κ2) is 20.5. The predicted molar refractivity (Wildman–Crippen MR) is 387 cm³/mol. The van der Waals surface area contributed by atoms with Crippen LogP contribution in [0.3, 0.4) is 0 Å². The minimum Gasteiger partial charge on any atom is -0.334 e. The van der Waals surface area contributed by atoms with Gasteiger partial charge in [-0.3, -0.25) is 0 Å². The van der Waals surface area contributed by atoms with E-state index in [-0.39, 0.29) is 44.7 Å². The van der Waals surface area contributed by atoms with Crippen molar-refractivity contribution in [3.63, 3.8) is 0 Å². The molecule has 446 valence electrons. The van der Waals surface area contributed by atoms with Gasteiger partial charge in [0.05, 0.1) is 11.2 Å². The molecule has 0 aromatic heterocycles. The largest absolute Gasteiger partial charge is 0.334 e. The molecule has 2 atom stereocenters. The summed E-state index contributed by atoms with van der Waals surface area (Å²) in [6.07, 6.45) is 2.02. The quantitative estimate of drug-likeness (QED) is 0.111.